The van der Waals surface area contributed by atoms with E-state index >= 15 is 0 Å². The van der Waals surface area contributed by atoms with E-state index in [0.717, 1.165) is 19.3 Å². The second-order valence-electron chi connectivity index (χ2n) is 5.23. The fourth-order valence-electron chi connectivity index (χ4n) is 2.25. The number of nitrogens with one attached hydrogen (secondary N) is 1. The Morgan fingerprint density at radius 2 is 2.10 bits per heavy atom. The molecule has 1 amide bonds. The summed E-state index contributed by atoms with van der Waals surface area (Å²) in [6, 6.07) is 4.51. The molecule has 20 heavy (non-hydrogen) atoms. The van der Waals surface area contributed by atoms with Crippen LogP contribution in [0.25, 0.3) is 0 Å². The molecule has 4 nitrogen and oxygen atoms in total. The summed E-state index contributed by atoms with van der Waals surface area (Å²) < 4.78 is 0.409. The van der Waals surface area contributed by atoms with Crippen molar-refractivity contribution in [3.05, 3.63) is 46.0 Å². The molecule has 1 aromatic carbocycles. The van der Waals surface area contributed by atoms with Crippen molar-refractivity contribution in [2.24, 2.45) is 0 Å². The molecule has 106 valence electrons. The number of carboxylic acids is 1. The minimum atomic E-state index is -1.02. The number of rotatable bonds is 3. The Kier molecular flexibility index (Phi) is 4.28. The van der Waals surface area contributed by atoms with Crippen LogP contribution in [0.2, 0.25) is 0 Å². The van der Waals surface area contributed by atoms with E-state index in [9.17, 15) is 9.59 Å². The van der Waals surface area contributed by atoms with Crippen molar-refractivity contribution in [1.82, 2.24) is 5.32 Å². The third-order valence-electron chi connectivity index (χ3n) is 3.47. The zero-order valence-corrected chi connectivity index (χ0v) is 12.7. The van der Waals surface area contributed by atoms with Gasteiger partial charge in [0.25, 0.3) is 5.91 Å². The van der Waals surface area contributed by atoms with Gasteiger partial charge in [-0.1, -0.05) is 12.2 Å². The van der Waals surface area contributed by atoms with E-state index in [-0.39, 0.29) is 17.0 Å². The van der Waals surface area contributed by atoms with Crippen molar-refractivity contribution in [3.8, 4) is 0 Å². The Morgan fingerprint density at radius 3 is 2.65 bits per heavy atom. The smallest absolute Gasteiger partial charge is 0.336 e. The predicted molar refractivity (Wildman–Crippen MR) is 80.0 cm³/mol. The van der Waals surface area contributed by atoms with Gasteiger partial charge >= 0.3 is 5.97 Å². The molecule has 0 spiro atoms. The van der Waals surface area contributed by atoms with Gasteiger partial charge in [0.15, 0.2) is 0 Å². The minimum absolute atomic E-state index is 0.147. The van der Waals surface area contributed by atoms with Gasteiger partial charge in [-0.25, -0.2) is 4.79 Å². The summed E-state index contributed by atoms with van der Waals surface area (Å²) >= 11 is 3.18. The Bertz CT molecular complexity index is 582. The molecule has 1 aliphatic rings. The van der Waals surface area contributed by atoms with Crippen molar-refractivity contribution in [1.29, 1.82) is 0 Å². The van der Waals surface area contributed by atoms with Crippen molar-refractivity contribution < 1.29 is 14.7 Å². The van der Waals surface area contributed by atoms with Crippen molar-refractivity contribution in [2.45, 2.75) is 31.7 Å². The SMILES string of the molecule is CC1(NC(=O)c2ccc(C(=O)O)c(Br)c2)CC=CCC1. The lowest BCUT2D eigenvalue weighted by Crippen LogP contribution is -2.46. The highest BCUT2D eigenvalue weighted by molar-refractivity contribution is 9.10. The summed E-state index contributed by atoms with van der Waals surface area (Å²) in [5.74, 6) is -1.20. The summed E-state index contributed by atoms with van der Waals surface area (Å²) in [5.41, 5.74) is 0.370. The maximum atomic E-state index is 12.2. The van der Waals surface area contributed by atoms with Crippen LogP contribution in [0, 0.1) is 0 Å². The number of halogens is 1. The zero-order valence-electron chi connectivity index (χ0n) is 11.1. The highest BCUT2D eigenvalue weighted by atomic mass is 79.9. The lowest BCUT2D eigenvalue weighted by Gasteiger charge is -2.32. The number of hydrogen-bond donors (Lipinski definition) is 2. The number of hydrogen-bond acceptors (Lipinski definition) is 2. The van der Waals surface area contributed by atoms with Gasteiger partial charge in [-0.15, -0.1) is 0 Å². The quantitative estimate of drug-likeness (QED) is 0.831. The normalized spacial score (nSPS) is 21.5. The second kappa shape index (κ2) is 5.79. The largest absolute Gasteiger partial charge is 0.478 e. The van der Waals surface area contributed by atoms with E-state index in [1.807, 2.05) is 6.92 Å². The van der Waals surface area contributed by atoms with Crippen LogP contribution in [0.15, 0.2) is 34.8 Å². The van der Waals surface area contributed by atoms with Crippen LogP contribution in [0.1, 0.15) is 46.9 Å². The van der Waals surface area contributed by atoms with Crippen molar-refractivity contribution >= 4 is 27.8 Å². The number of aromatic carboxylic acids is 1. The molecular weight excluding hydrogens is 322 g/mol. The molecule has 0 aromatic heterocycles. The molecule has 0 bridgehead atoms. The first kappa shape index (κ1) is 14.8. The van der Waals surface area contributed by atoms with E-state index in [2.05, 4.69) is 33.4 Å². The van der Waals surface area contributed by atoms with Gasteiger partial charge in [-0.3, -0.25) is 4.79 Å². The number of carboxylic acid groups (broad SMARTS) is 1. The van der Waals surface area contributed by atoms with Gasteiger partial charge in [0.2, 0.25) is 0 Å². The highest BCUT2D eigenvalue weighted by Crippen LogP contribution is 2.24. The molecule has 0 fully saturated rings. The van der Waals surface area contributed by atoms with E-state index < -0.39 is 5.97 Å². The zero-order chi connectivity index (χ0) is 14.8. The van der Waals surface area contributed by atoms with Gasteiger partial charge in [0, 0.05) is 15.6 Å². The topological polar surface area (TPSA) is 66.4 Å². The summed E-state index contributed by atoms with van der Waals surface area (Å²) in [6.07, 6.45) is 6.87. The van der Waals surface area contributed by atoms with Crippen molar-refractivity contribution in [3.63, 3.8) is 0 Å². The molecule has 2 N–H and O–H groups in total. The van der Waals surface area contributed by atoms with Crippen LogP contribution in [0.4, 0.5) is 0 Å². The molecule has 0 aliphatic heterocycles. The molecule has 0 saturated heterocycles. The molecule has 1 aliphatic carbocycles. The molecule has 1 unspecified atom stereocenters. The molecule has 0 radical (unpaired) electrons. The molecule has 0 heterocycles. The predicted octanol–water partition coefficient (Wildman–Crippen LogP) is 3.38. The molecule has 1 aromatic rings. The molecule has 1 atom stereocenters. The fourth-order valence-corrected chi connectivity index (χ4v) is 2.80. The summed E-state index contributed by atoms with van der Waals surface area (Å²) in [7, 11) is 0. The van der Waals surface area contributed by atoms with Crippen LogP contribution in [0.5, 0.6) is 0 Å². The summed E-state index contributed by atoms with van der Waals surface area (Å²) in [6.45, 7) is 2.02. The monoisotopic (exact) mass is 337 g/mol. The third-order valence-corrected chi connectivity index (χ3v) is 4.13. The van der Waals surface area contributed by atoms with Crippen LogP contribution >= 0.6 is 15.9 Å². The van der Waals surface area contributed by atoms with Gasteiger partial charge < -0.3 is 10.4 Å². The maximum absolute atomic E-state index is 12.2. The third kappa shape index (κ3) is 3.28. The lowest BCUT2D eigenvalue weighted by atomic mass is 9.87. The number of carbonyl (C=O) groups is 2. The average molecular weight is 338 g/mol. The van der Waals surface area contributed by atoms with Crippen LogP contribution in [0.3, 0.4) is 0 Å². The molecule has 5 heteroatoms. The first-order valence-electron chi connectivity index (χ1n) is 6.42. The Balaban J connectivity index is 2.15. The first-order chi connectivity index (χ1) is 9.41. The molecular formula is C15H16BrNO3. The molecule has 0 saturated carbocycles. The van der Waals surface area contributed by atoms with Gasteiger partial charge in [0.1, 0.15) is 0 Å². The van der Waals surface area contributed by atoms with Crippen LogP contribution in [-0.4, -0.2) is 22.5 Å². The second-order valence-corrected chi connectivity index (χ2v) is 6.08. The number of amides is 1. The van der Waals surface area contributed by atoms with Gasteiger partial charge in [-0.05, 0) is 60.3 Å². The van der Waals surface area contributed by atoms with Crippen LogP contribution in [-0.2, 0) is 0 Å². The standard InChI is InChI=1S/C15H16BrNO3/c1-15(7-3-2-4-8-15)17-13(18)10-5-6-11(14(19)20)12(16)9-10/h2-3,5-6,9H,4,7-8H2,1H3,(H,17,18)(H,19,20). The maximum Gasteiger partial charge on any atom is 0.336 e. The number of allylic oxidation sites excluding steroid dienone is 1. The Morgan fingerprint density at radius 1 is 1.35 bits per heavy atom. The number of benzene rings is 1. The van der Waals surface area contributed by atoms with Crippen LogP contribution < -0.4 is 5.32 Å². The van der Waals surface area contributed by atoms with E-state index in [1.54, 1.807) is 6.07 Å². The fraction of sp³-hybridized carbons (Fsp3) is 0.333. The minimum Gasteiger partial charge on any atom is -0.478 e. The highest BCUT2D eigenvalue weighted by Gasteiger charge is 2.27. The van der Waals surface area contributed by atoms with E-state index in [0.29, 0.717) is 10.0 Å². The first-order valence-corrected chi connectivity index (χ1v) is 7.21. The van der Waals surface area contributed by atoms with E-state index in [1.165, 1.54) is 12.1 Å². The molecule has 2 rings (SSSR count). The van der Waals surface area contributed by atoms with Crippen molar-refractivity contribution in [2.75, 3.05) is 0 Å². The lowest BCUT2D eigenvalue weighted by molar-refractivity contribution is 0.0695. The average Bonchev–Trinajstić information content (AvgIpc) is 2.38. The Labute approximate surface area is 126 Å². The number of carbonyl (C=O) groups excluding carboxylic acids is 1. The van der Waals surface area contributed by atoms with Gasteiger partial charge in [0.05, 0.1) is 5.56 Å². The summed E-state index contributed by atoms with van der Waals surface area (Å²) in [4.78, 5) is 23.2. The Hall–Kier alpha value is -1.62. The summed E-state index contributed by atoms with van der Waals surface area (Å²) in [5, 5.41) is 12.0. The van der Waals surface area contributed by atoms with E-state index in [4.69, 9.17) is 5.11 Å². The van der Waals surface area contributed by atoms with Gasteiger partial charge in [-0.2, -0.15) is 0 Å².